The number of anilines is 2. The molecule has 0 saturated heterocycles. The number of ether oxygens (including phenoxy) is 3. The monoisotopic (exact) mass is 340 g/mol. The van der Waals surface area contributed by atoms with Crippen LogP contribution in [0.2, 0.25) is 0 Å². The number of rotatable bonds is 3. The Hall–Kier alpha value is -3.22. The summed E-state index contributed by atoms with van der Waals surface area (Å²) in [5.74, 6) is 1.12. The highest BCUT2D eigenvalue weighted by molar-refractivity contribution is 5.96. The van der Waals surface area contributed by atoms with Crippen molar-refractivity contribution in [2.24, 2.45) is 0 Å². The smallest absolute Gasteiger partial charge is 0.331 e. The largest absolute Gasteiger partial charge is 0.486 e. The van der Waals surface area contributed by atoms with Crippen molar-refractivity contribution in [1.82, 2.24) is 0 Å². The standard InChI is InChI=1S/C18H16N2O5/c21-17(19-12-5-6-15-16(9-12)24-8-7-23-15)10-20-11-18(22)25-14-4-2-1-3-13(14)20/h1-6,9H,7-8,10-11H2,(H,19,21). The third-order valence-corrected chi connectivity index (χ3v) is 3.91. The maximum Gasteiger partial charge on any atom is 0.331 e. The Morgan fingerprint density at radius 3 is 2.72 bits per heavy atom. The van der Waals surface area contributed by atoms with Gasteiger partial charge in [0.1, 0.15) is 19.8 Å². The quantitative estimate of drug-likeness (QED) is 0.678. The van der Waals surface area contributed by atoms with Crippen molar-refractivity contribution in [3.8, 4) is 17.2 Å². The summed E-state index contributed by atoms with van der Waals surface area (Å²) in [6.45, 7) is 1.08. The van der Waals surface area contributed by atoms with Gasteiger partial charge in [0.2, 0.25) is 5.91 Å². The van der Waals surface area contributed by atoms with Crippen LogP contribution in [-0.2, 0) is 9.59 Å². The van der Waals surface area contributed by atoms with Crippen LogP contribution in [0.3, 0.4) is 0 Å². The molecule has 0 saturated carbocycles. The van der Waals surface area contributed by atoms with Crippen LogP contribution in [0.25, 0.3) is 0 Å². The molecule has 4 rings (SSSR count). The van der Waals surface area contributed by atoms with E-state index in [4.69, 9.17) is 14.2 Å². The van der Waals surface area contributed by atoms with E-state index in [-0.39, 0.29) is 25.0 Å². The van der Waals surface area contributed by atoms with E-state index in [9.17, 15) is 9.59 Å². The molecule has 1 amide bonds. The Labute approximate surface area is 144 Å². The highest BCUT2D eigenvalue weighted by Crippen LogP contribution is 2.33. The average molecular weight is 340 g/mol. The van der Waals surface area contributed by atoms with Gasteiger partial charge in [0.25, 0.3) is 0 Å². The molecule has 0 aromatic heterocycles. The lowest BCUT2D eigenvalue weighted by atomic mass is 10.2. The summed E-state index contributed by atoms with van der Waals surface area (Å²) in [5.41, 5.74) is 1.33. The molecule has 1 N–H and O–H groups in total. The molecule has 7 nitrogen and oxygen atoms in total. The summed E-state index contributed by atoms with van der Waals surface area (Å²) in [6, 6.07) is 12.4. The fraction of sp³-hybridized carbons (Fsp3) is 0.222. The number of hydrogen-bond donors (Lipinski definition) is 1. The van der Waals surface area contributed by atoms with E-state index in [1.807, 2.05) is 12.1 Å². The van der Waals surface area contributed by atoms with Gasteiger partial charge in [0.05, 0.1) is 12.2 Å². The van der Waals surface area contributed by atoms with Gasteiger partial charge in [-0.15, -0.1) is 0 Å². The molecule has 0 bridgehead atoms. The first-order valence-electron chi connectivity index (χ1n) is 7.93. The maximum atomic E-state index is 12.4. The second-order valence-corrected chi connectivity index (χ2v) is 5.70. The van der Waals surface area contributed by atoms with Crippen LogP contribution in [0.15, 0.2) is 42.5 Å². The summed E-state index contributed by atoms with van der Waals surface area (Å²) in [4.78, 5) is 25.8. The highest BCUT2D eigenvalue weighted by atomic mass is 16.6. The molecule has 2 heterocycles. The lowest BCUT2D eigenvalue weighted by molar-refractivity contribution is -0.133. The zero-order valence-corrected chi connectivity index (χ0v) is 13.4. The summed E-state index contributed by atoms with van der Waals surface area (Å²) in [6.07, 6.45) is 0. The van der Waals surface area contributed by atoms with Crippen molar-refractivity contribution in [1.29, 1.82) is 0 Å². The minimum Gasteiger partial charge on any atom is -0.486 e. The lowest BCUT2D eigenvalue weighted by Gasteiger charge is -2.29. The van der Waals surface area contributed by atoms with Crippen LogP contribution in [0.1, 0.15) is 0 Å². The van der Waals surface area contributed by atoms with Gasteiger partial charge < -0.3 is 24.4 Å². The Balaban J connectivity index is 1.47. The molecule has 2 aromatic carbocycles. The fourth-order valence-electron chi connectivity index (χ4n) is 2.84. The molecule has 25 heavy (non-hydrogen) atoms. The predicted octanol–water partition coefficient (Wildman–Crippen LogP) is 1.82. The van der Waals surface area contributed by atoms with Crippen molar-refractivity contribution in [3.63, 3.8) is 0 Å². The third kappa shape index (κ3) is 3.21. The Bertz CT molecular complexity index is 836. The van der Waals surface area contributed by atoms with E-state index >= 15 is 0 Å². The Morgan fingerprint density at radius 2 is 1.84 bits per heavy atom. The molecule has 0 unspecified atom stereocenters. The number of amides is 1. The molecular weight excluding hydrogens is 324 g/mol. The minimum absolute atomic E-state index is 0.0333. The van der Waals surface area contributed by atoms with Crippen molar-refractivity contribution < 1.29 is 23.8 Å². The van der Waals surface area contributed by atoms with Gasteiger partial charge in [-0.05, 0) is 24.3 Å². The number of benzene rings is 2. The second kappa shape index (κ2) is 6.35. The summed E-state index contributed by atoms with van der Waals surface area (Å²) in [5, 5.41) is 2.82. The maximum absolute atomic E-state index is 12.4. The van der Waals surface area contributed by atoms with Gasteiger partial charge in [0, 0.05) is 11.8 Å². The number of nitrogens with one attached hydrogen (secondary N) is 1. The number of fused-ring (bicyclic) bond motifs is 2. The van der Waals surface area contributed by atoms with Crippen molar-refractivity contribution in [2.45, 2.75) is 0 Å². The molecule has 2 aromatic rings. The SMILES string of the molecule is O=C(CN1CC(=O)Oc2ccccc21)Nc1ccc2c(c1)OCCO2. The molecule has 2 aliphatic rings. The number of hydrogen-bond acceptors (Lipinski definition) is 6. The lowest BCUT2D eigenvalue weighted by Crippen LogP contribution is -2.41. The number of carbonyl (C=O) groups is 2. The van der Waals surface area contributed by atoms with E-state index in [0.717, 1.165) is 5.69 Å². The van der Waals surface area contributed by atoms with Crippen LogP contribution < -0.4 is 24.4 Å². The van der Waals surface area contributed by atoms with E-state index < -0.39 is 0 Å². The number of carbonyl (C=O) groups excluding carboxylic acids is 2. The normalized spacial score (nSPS) is 15.2. The average Bonchev–Trinajstić information content (AvgIpc) is 2.61. The van der Waals surface area contributed by atoms with Gasteiger partial charge in [-0.2, -0.15) is 0 Å². The topological polar surface area (TPSA) is 77.1 Å². The molecule has 0 radical (unpaired) electrons. The number of esters is 1. The minimum atomic E-state index is -0.383. The Morgan fingerprint density at radius 1 is 1.04 bits per heavy atom. The first kappa shape index (κ1) is 15.3. The van der Waals surface area contributed by atoms with Gasteiger partial charge in [0.15, 0.2) is 17.2 Å². The van der Waals surface area contributed by atoms with Gasteiger partial charge in [-0.3, -0.25) is 4.79 Å². The Kier molecular flexibility index (Phi) is 3.89. The van der Waals surface area contributed by atoms with E-state index in [1.165, 1.54) is 0 Å². The molecule has 0 spiro atoms. The summed E-state index contributed by atoms with van der Waals surface area (Å²) >= 11 is 0. The van der Waals surface area contributed by atoms with Crippen LogP contribution in [-0.4, -0.2) is 38.2 Å². The van der Waals surface area contributed by atoms with Gasteiger partial charge in [-0.1, -0.05) is 12.1 Å². The molecule has 0 aliphatic carbocycles. The summed E-state index contributed by atoms with van der Waals surface area (Å²) < 4.78 is 16.1. The molecular formula is C18H16N2O5. The number of para-hydroxylation sites is 2. The van der Waals surface area contributed by atoms with E-state index in [2.05, 4.69) is 5.32 Å². The first-order valence-corrected chi connectivity index (χ1v) is 7.93. The van der Waals surface area contributed by atoms with Crippen LogP contribution in [0.5, 0.6) is 17.2 Å². The van der Waals surface area contributed by atoms with Crippen molar-refractivity contribution in [2.75, 3.05) is 36.5 Å². The predicted molar refractivity (Wildman–Crippen MR) is 90.4 cm³/mol. The molecule has 2 aliphatic heterocycles. The van der Waals surface area contributed by atoms with Crippen LogP contribution >= 0.6 is 0 Å². The summed E-state index contributed by atoms with van der Waals surface area (Å²) in [7, 11) is 0. The van der Waals surface area contributed by atoms with Crippen LogP contribution in [0.4, 0.5) is 11.4 Å². The van der Waals surface area contributed by atoms with Crippen molar-refractivity contribution >= 4 is 23.3 Å². The third-order valence-electron chi connectivity index (χ3n) is 3.91. The number of nitrogens with zero attached hydrogens (tertiary/aromatic N) is 1. The molecule has 128 valence electrons. The van der Waals surface area contributed by atoms with Gasteiger partial charge >= 0.3 is 5.97 Å². The molecule has 0 fully saturated rings. The first-order chi connectivity index (χ1) is 12.2. The van der Waals surface area contributed by atoms with Gasteiger partial charge in [-0.25, -0.2) is 4.79 Å². The fourth-order valence-corrected chi connectivity index (χ4v) is 2.84. The van der Waals surface area contributed by atoms with E-state index in [1.54, 1.807) is 35.2 Å². The molecule has 7 heteroatoms. The van der Waals surface area contributed by atoms with Crippen molar-refractivity contribution in [3.05, 3.63) is 42.5 Å². The second-order valence-electron chi connectivity index (χ2n) is 5.70. The highest BCUT2D eigenvalue weighted by Gasteiger charge is 2.25. The zero-order chi connectivity index (χ0) is 17.2. The van der Waals surface area contributed by atoms with E-state index in [0.29, 0.717) is 36.1 Å². The molecule has 0 atom stereocenters. The van der Waals surface area contributed by atoms with Crippen LogP contribution in [0, 0.1) is 0 Å². The zero-order valence-electron chi connectivity index (χ0n) is 13.4.